The number of carbonyl (C=O) groups is 4. The Labute approximate surface area is 196 Å². The number of nitrogens with one attached hydrogen (secondary N) is 3. The van der Waals surface area contributed by atoms with Gasteiger partial charge >= 0.3 is 6.03 Å². The molecular formula is C25H24N4O5. The van der Waals surface area contributed by atoms with E-state index >= 15 is 0 Å². The van der Waals surface area contributed by atoms with Crippen LogP contribution in [-0.2, 0) is 21.7 Å². The summed E-state index contributed by atoms with van der Waals surface area (Å²) in [7, 11) is 0. The van der Waals surface area contributed by atoms with Crippen LogP contribution in [0.25, 0.3) is 0 Å². The summed E-state index contributed by atoms with van der Waals surface area (Å²) in [6.45, 7) is 3.23. The molecule has 0 bridgehead atoms. The van der Waals surface area contributed by atoms with E-state index in [1.807, 2.05) is 19.1 Å². The lowest BCUT2D eigenvalue weighted by atomic mass is 9.91. The average molecular weight is 460 g/mol. The molecule has 3 aromatic rings. The summed E-state index contributed by atoms with van der Waals surface area (Å²) in [6, 6.07) is 16.5. The minimum absolute atomic E-state index is 0.189. The van der Waals surface area contributed by atoms with Crippen molar-refractivity contribution in [1.29, 1.82) is 0 Å². The van der Waals surface area contributed by atoms with Crippen LogP contribution in [0.5, 0.6) is 0 Å². The number of rotatable bonds is 7. The number of hydrogen-bond donors (Lipinski definition) is 3. The molecule has 3 N–H and O–H groups in total. The van der Waals surface area contributed by atoms with Crippen LogP contribution in [-0.4, -0.2) is 35.2 Å². The summed E-state index contributed by atoms with van der Waals surface area (Å²) < 4.78 is 5.20. The number of carbonyl (C=O) groups excluding carboxylic acids is 4. The van der Waals surface area contributed by atoms with Crippen molar-refractivity contribution in [2.75, 3.05) is 11.9 Å². The predicted molar refractivity (Wildman–Crippen MR) is 124 cm³/mol. The van der Waals surface area contributed by atoms with Crippen molar-refractivity contribution in [3.05, 3.63) is 89.4 Å². The Morgan fingerprint density at radius 2 is 1.76 bits per heavy atom. The van der Waals surface area contributed by atoms with Crippen molar-refractivity contribution in [1.82, 2.24) is 15.5 Å². The molecule has 1 aromatic heterocycles. The fourth-order valence-corrected chi connectivity index (χ4v) is 3.72. The van der Waals surface area contributed by atoms with Crippen LogP contribution in [0.15, 0.2) is 71.3 Å². The molecule has 9 nitrogen and oxygen atoms in total. The van der Waals surface area contributed by atoms with Gasteiger partial charge in [0.2, 0.25) is 5.91 Å². The molecule has 1 saturated heterocycles. The van der Waals surface area contributed by atoms with Crippen LogP contribution >= 0.6 is 0 Å². The smallest absolute Gasteiger partial charge is 0.325 e. The molecule has 0 aliphatic carbocycles. The van der Waals surface area contributed by atoms with E-state index in [1.54, 1.807) is 55.5 Å². The summed E-state index contributed by atoms with van der Waals surface area (Å²) in [5, 5.41) is 8.03. The van der Waals surface area contributed by atoms with Crippen LogP contribution < -0.4 is 16.0 Å². The quantitative estimate of drug-likeness (QED) is 0.468. The number of hydrogen-bond acceptors (Lipinski definition) is 5. The number of urea groups is 1. The lowest BCUT2D eigenvalue weighted by molar-refractivity contribution is -0.133. The number of aryl methyl sites for hydroxylation is 1. The van der Waals surface area contributed by atoms with Gasteiger partial charge in [0.05, 0.1) is 24.1 Å². The van der Waals surface area contributed by atoms with E-state index in [4.69, 9.17) is 4.42 Å². The summed E-state index contributed by atoms with van der Waals surface area (Å²) in [5.41, 5.74) is 0.876. The van der Waals surface area contributed by atoms with Gasteiger partial charge in [0.25, 0.3) is 11.8 Å². The van der Waals surface area contributed by atoms with Crippen LogP contribution in [0.1, 0.15) is 34.2 Å². The fraction of sp³-hybridized carbons (Fsp3) is 0.200. The summed E-state index contributed by atoms with van der Waals surface area (Å²) in [6.07, 6.45) is 1.51. The Balaban J connectivity index is 1.44. The first-order valence-corrected chi connectivity index (χ1v) is 10.7. The minimum Gasteiger partial charge on any atom is -0.467 e. The maximum atomic E-state index is 13.1. The van der Waals surface area contributed by atoms with Gasteiger partial charge in [-0.25, -0.2) is 4.79 Å². The highest BCUT2D eigenvalue weighted by molar-refractivity contribution is 6.11. The van der Waals surface area contributed by atoms with Gasteiger partial charge in [-0.05, 0) is 43.7 Å². The van der Waals surface area contributed by atoms with E-state index in [-0.39, 0.29) is 17.8 Å². The minimum atomic E-state index is -1.27. The molecule has 174 valence electrons. The average Bonchev–Trinajstić information content (AvgIpc) is 3.41. The fourth-order valence-electron chi connectivity index (χ4n) is 3.72. The molecule has 5 amide bonds. The van der Waals surface area contributed by atoms with Gasteiger partial charge in [-0.3, -0.25) is 19.3 Å². The third-order valence-corrected chi connectivity index (χ3v) is 5.65. The first-order valence-electron chi connectivity index (χ1n) is 10.7. The SMILES string of the molecule is Cc1ccc(C2(C)NC(=O)N(CC(=O)Nc3ccccc3C(=O)NCc3ccco3)C2=O)cc1. The van der Waals surface area contributed by atoms with Crippen LogP contribution in [0.4, 0.5) is 10.5 Å². The highest BCUT2D eigenvalue weighted by atomic mass is 16.3. The third kappa shape index (κ3) is 4.54. The zero-order valence-corrected chi connectivity index (χ0v) is 18.8. The molecule has 1 unspecified atom stereocenters. The molecule has 1 atom stereocenters. The maximum absolute atomic E-state index is 13.1. The Morgan fingerprint density at radius 1 is 1.03 bits per heavy atom. The van der Waals surface area contributed by atoms with Crippen molar-refractivity contribution in [3.8, 4) is 0 Å². The predicted octanol–water partition coefficient (Wildman–Crippen LogP) is 2.92. The van der Waals surface area contributed by atoms with Crippen molar-refractivity contribution < 1.29 is 23.6 Å². The van der Waals surface area contributed by atoms with Crippen LogP contribution in [0.3, 0.4) is 0 Å². The lowest BCUT2D eigenvalue weighted by Crippen LogP contribution is -2.42. The lowest BCUT2D eigenvalue weighted by Gasteiger charge is -2.22. The van der Waals surface area contributed by atoms with E-state index in [9.17, 15) is 19.2 Å². The number of amides is 5. The Hall–Kier alpha value is -4.40. The second kappa shape index (κ2) is 9.22. The van der Waals surface area contributed by atoms with Crippen molar-refractivity contribution in [2.24, 2.45) is 0 Å². The van der Waals surface area contributed by atoms with Gasteiger partial charge < -0.3 is 20.4 Å². The molecule has 9 heteroatoms. The molecule has 1 fully saturated rings. The van der Waals surface area contributed by atoms with Gasteiger partial charge in [-0.1, -0.05) is 42.0 Å². The van der Waals surface area contributed by atoms with Crippen LogP contribution in [0.2, 0.25) is 0 Å². The summed E-state index contributed by atoms with van der Waals surface area (Å²) >= 11 is 0. The molecule has 0 radical (unpaired) electrons. The number of anilines is 1. The van der Waals surface area contributed by atoms with E-state index in [0.29, 0.717) is 11.3 Å². The van der Waals surface area contributed by atoms with Crippen LogP contribution in [0, 0.1) is 6.92 Å². The van der Waals surface area contributed by atoms with E-state index < -0.39 is 35.8 Å². The molecule has 2 aromatic carbocycles. The summed E-state index contributed by atoms with van der Waals surface area (Å²) in [5.74, 6) is -0.955. The van der Waals surface area contributed by atoms with Crippen molar-refractivity contribution >= 4 is 29.4 Å². The van der Waals surface area contributed by atoms with Gasteiger partial charge in [0, 0.05) is 0 Å². The molecule has 0 spiro atoms. The largest absolute Gasteiger partial charge is 0.467 e. The van der Waals surface area contributed by atoms with E-state index in [2.05, 4.69) is 16.0 Å². The van der Waals surface area contributed by atoms with Crippen molar-refractivity contribution in [3.63, 3.8) is 0 Å². The highest BCUT2D eigenvalue weighted by Gasteiger charge is 2.49. The molecule has 1 aliphatic rings. The Bertz CT molecular complexity index is 1240. The maximum Gasteiger partial charge on any atom is 0.325 e. The number of benzene rings is 2. The molecule has 34 heavy (non-hydrogen) atoms. The normalized spacial score (nSPS) is 17.4. The number of furan rings is 1. The number of nitrogens with zero attached hydrogens (tertiary/aromatic N) is 1. The van der Waals surface area contributed by atoms with Gasteiger partial charge in [-0.2, -0.15) is 0 Å². The molecule has 2 heterocycles. The molecular weight excluding hydrogens is 436 g/mol. The molecule has 0 saturated carbocycles. The standard InChI is InChI=1S/C25H24N4O5/c1-16-9-11-17(12-10-16)25(2)23(32)29(24(33)28-25)15-21(30)27-20-8-4-3-7-19(20)22(31)26-14-18-6-5-13-34-18/h3-13H,14-15H2,1-2H3,(H,26,31)(H,27,30)(H,28,33). The summed E-state index contributed by atoms with van der Waals surface area (Å²) in [4.78, 5) is 51.8. The van der Waals surface area contributed by atoms with Gasteiger partial charge in [0.15, 0.2) is 0 Å². The zero-order valence-electron chi connectivity index (χ0n) is 18.8. The zero-order chi connectivity index (χ0) is 24.3. The van der Waals surface area contributed by atoms with Gasteiger partial charge in [0.1, 0.15) is 17.8 Å². The topological polar surface area (TPSA) is 121 Å². The molecule has 1 aliphatic heterocycles. The Morgan fingerprint density at radius 3 is 2.47 bits per heavy atom. The second-order valence-corrected chi connectivity index (χ2v) is 8.17. The number of para-hydroxylation sites is 1. The first-order chi connectivity index (χ1) is 16.3. The van der Waals surface area contributed by atoms with E-state index in [1.165, 1.54) is 6.26 Å². The van der Waals surface area contributed by atoms with Crippen molar-refractivity contribution in [2.45, 2.75) is 25.9 Å². The second-order valence-electron chi connectivity index (χ2n) is 8.17. The van der Waals surface area contributed by atoms with Gasteiger partial charge in [-0.15, -0.1) is 0 Å². The Kier molecular flexibility index (Phi) is 6.18. The highest BCUT2D eigenvalue weighted by Crippen LogP contribution is 2.29. The first kappa shape index (κ1) is 22.8. The monoisotopic (exact) mass is 460 g/mol. The molecule has 4 rings (SSSR count). The van der Waals surface area contributed by atoms with E-state index in [0.717, 1.165) is 10.5 Å². The number of imide groups is 1. The third-order valence-electron chi connectivity index (χ3n) is 5.65.